The fraction of sp³-hybridized carbons (Fsp3) is 0.235. The van der Waals surface area contributed by atoms with Crippen LogP contribution in [0.2, 0.25) is 0 Å². The van der Waals surface area contributed by atoms with Gasteiger partial charge in [0.15, 0.2) is 16.8 Å². The predicted molar refractivity (Wildman–Crippen MR) is 95.1 cm³/mol. The Morgan fingerprint density at radius 3 is 2.65 bits per heavy atom. The number of ketones is 1. The molecule has 0 fully saturated rings. The molecular formula is C17H17N3OS2. The fourth-order valence-electron chi connectivity index (χ4n) is 2.30. The normalized spacial score (nSPS) is 12.3. The molecule has 2 heterocycles. The van der Waals surface area contributed by atoms with E-state index < -0.39 is 0 Å². The maximum Gasteiger partial charge on any atom is 0.192 e. The Balaban J connectivity index is 1.82. The fourth-order valence-corrected chi connectivity index (χ4v) is 4.01. The molecule has 1 atom stereocenters. The van der Waals surface area contributed by atoms with Gasteiger partial charge in [-0.15, -0.1) is 21.5 Å². The Kier molecular flexibility index (Phi) is 4.93. The van der Waals surface area contributed by atoms with Crippen LogP contribution in [0.4, 0.5) is 0 Å². The summed E-state index contributed by atoms with van der Waals surface area (Å²) in [5.41, 5.74) is 0.730. The summed E-state index contributed by atoms with van der Waals surface area (Å²) in [6.07, 6.45) is 0. The Morgan fingerprint density at radius 1 is 1.22 bits per heavy atom. The van der Waals surface area contributed by atoms with Gasteiger partial charge in [-0.2, -0.15) is 0 Å². The van der Waals surface area contributed by atoms with Crippen LogP contribution in [0.5, 0.6) is 0 Å². The Hall–Kier alpha value is -1.92. The average Bonchev–Trinajstić information content (AvgIpc) is 3.23. The number of hydrogen-bond acceptors (Lipinski definition) is 5. The minimum Gasteiger partial charge on any atom is -0.302 e. The Bertz CT molecular complexity index is 782. The third kappa shape index (κ3) is 3.38. The highest BCUT2D eigenvalue weighted by atomic mass is 32.2. The van der Waals surface area contributed by atoms with E-state index in [4.69, 9.17) is 0 Å². The second-order valence-electron chi connectivity index (χ2n) is 5.02. The van der Waals surface area contributed by atoms with Gasteiger partial charge in [0.05, 0.1) is 10.1 Å². The number of rotatable bonds is 6. The van der Waals surface area contributed by atoms with Crippen LogP contribution >= 0.6 is 23.1 Å². The summed E-state index contributed by atoms with van der Waals surface area (Å²) < 4.78 is 2.06. The molecule has 0 saturated heterocycles. The highest BCUT2D eigenvalue weighted by molar-refractivity contribution is 8.00. The van der Waals surface area contributed by atoms with Gasteiger partial charge in [0, 0.05) is 12.1 Å². The van der Waals surface area contributed by atoms with Crippen molar-refractivity contribution in [3.63, 3.8) is 0 Å². The van der Waals surface area contributed by atoms with Gasteiger partial charge in [0.2, 0.25) is 0 Å². The third-order valence-electron chi connectivity index (χ3n) is 3.48. The van der Waals surface area contributed by atoms with Gasteiger partial charge in [-0.05, 0) is 25.3 Å². The van der Waals surface area contributed by atoms with E-state index in [2.05, 4.69) is 21.7 Å². The second kappa shape index (κ2) is 7.10. The summed E-state index contributed by atoms with van der Waals surface area (Å²) in [5, 5.41) is 11.2. The summed E-state index contributed by atoms with van der Waals surface area (Å²) >= 11 is 3.10. The van der Waals surface area contributed by atoms with Crippen molar-refractivity contribution in [3.05, 3.63) is 53.4 Å². The van der Waals surface area contributed by atoms with Gasteiger partial charge >= 0.3 is 0 Å². The number of thioether (sulfide) groups is 1. The van der Waals surface area contributed by atoms with Gasteiger partial charge in [-0.3, -0.25) is 4.79 Å². The van der Waals surface area contributed by atoms with Crippen LogP contribution < -0.4 is 0 Å². The first-order valence-corrected chi connectivity index (χ1v) is 9.19. The van der Waals surface area contributed by atoms with E-state index in [0.29, 0.717) is 0 Å². The molecule has 0 aliphatic rings. The Labute approximate surface area is 143 Å². The lowest BCUT2D eigenvalue weighted by atomic mass is 10.1. The van der Waals surface area contributed by atoms with E-state index in [1.54, 1.807) is 11.3 Å². The molecule has 0 aliphatic heterocycles. The molecule has 23 heavy (non-hydrogen) atoms. The molecule has 6 heteroatoms. The minimum atomic E-state index is -0.205. The predicted octanol–water partition coefficient (Wildman–Crippen LogP) is 4.39. The zero-order valence-corrected chi connectivity index (χ0v) is 14.6. The van der Waals surface area contributed by atoms with E-state index in [0.717, 1.165) is 28.0 Å². The summed E-state index contributed by atoms with van der Waals surface area (Å²) in [7, 11) is 0. The molecule has 1 aromatic carbocycles. The van der Waals surface area contributed by atoms with E-state index in [1.807, 2.05) is 54.8 Å². The number of Topliss-reactive ketones (excluding diaryl/α,β-unsaturated/α-hetero) is 1. The van der Waals surface area contributed by atoms with Gasteiger partial charge in [0.25, 0.3) is 0 Å². The maximum atomic E-state index is 12.5. The molecule has 2 aromatic heterocycles. The molecule has 0 amide bonds. The second-order valence-corrected chi connectivity index (χ2v) is 7.27. The van der Waals surface area contributed by atoms with Gasteiger partial charge in [-0.25, -0.2) is 0 Å². The van der Waals surface area contributed by atoms with Crippen molar-refractivity contribution in [2.24, 2.45) is 0 Å². The summed E-state index contributed by atoms with van der Waals surface area (Å²) in [6, 6.07) is 13.4. The lowest BCUT2D eigenvalue weighted by molar-refractivity contribution is 0.0994. The van der Waals surface area contributed by atoms with E-state index in [1.165, 1.54) is 11.8 Å². The molecule has 3 aromatic rings. The highest BCUT2D eigenvalue weighted by Gasteiger charge is 2.21. The number of carbonyl (C=O) groups is 1. The van der Waals surface area contributed by atoms with Crippen LogP contribution in [0, 0.1) is 0 Å². The molecule has 0 radical (unpaired) electrons. The van der Waals surface area contributed by atoms with Crippen LogP contribution in [0.15, 0.2) is 53.0 Å². The van der Waals surface area contributed by atoms with Crippen molar-refractivity contribution in [1.82, 2.24) is 14.8 Å². The molecule has 3 rings (SSSR count). The molecule has 4 nitrogen and oxygen atoms in total. The van der Waals surface area contributed by atoms with Gasteiger partial charge in [-0.1, -0.05) is 48.2 Å². The summed E-state index contributed by atoms with van der Waals surface area (Å²) in [5.74, 6) is 0.975. The van der Waals surface area contributed by atoms with Crippen molar-refractivity contribution >= 4 is 28.9 Å². The van der Waals surface area contributed by atoms with Crippen LogP contribution in [-0.2, 0) is 6.54 Å². The number of nitrogens with zero attached hydrogens (tertiary/aromatic N) is 3. The SMILES string of the molecule is CCn1c(S[C@@H](C)C(=O)c2ccccc2)nnc1-c1cccs1. The summed E-state index contributed by atoms with van der Waals surface area (Å²) in [6.45, 7) is 4.75. The maximum absolute atomic E-state index is 12.5. The van der Waals surface area contributed by atoms with Crippen LogP contribution in [0.25, 0.3) is 10.7 Å². The topological polar surface area (TPSA) is 47.8 Å². The first-order valence-electron chi connectivity index (χ1n) is 7.43. The van der Waals surface area contributed by atoms with Crippen LogP contribution in [-0.4, -0.2) is 25.8 Å². The van der Waals surface area contributed by atoms with Crippen LogP contribution in [0.1, 0.15) is 24.2 Å². The largest absolute Gasteiger partial charge is 0.302 e. The molecular weight excluding hydrogens is 326 g/mol. The van der Waals surface area contributed by atoms with Gasteiger partial charge in [0.1, 0.15) is 0 Å². The molecule has 118 valence electrons. The highest BCUT2D eigenvalue weighted by Crippen LogP contribution is 2.30. The molecule has 0 bridgehead atoms. The third-order valence-corrected chi connectivity index (χ3v) is 5.43. The minimum absolute atomic E-state index is 0.110. The lowest BCUT2D eigenvalue weighted by Crippen LogP contribution is -2.14. The lowest BCUT2D eigenvalue weighted by Gasteiger charge is -2.11. The first-order chi connectivity index (χ1) is 11.2. The van der Waals surface area contributed by atoms with Crippen LogP contribution in [0.3, 0.4) is 0 Å². The quantitative estimate of drug-likeness (QED) is 0.492. The Morgan fingerprint density at radius 2 is 2.00 bits per heavy atom. The van der Waals surface area contributed by atoms with Crippen molar-refractivity contribution in [2.75, 3.05) is 0 Å². The zero-order valence-electron chi connectivity index (χ0n) is 13.0. The molecule has 0 saturated carbocycles. The number of benzene rings is 1. The first kappa shape index (κ1) is 16.0. The van der Waals surface area contributed by atoms with Crippen molar-refractivity contribution in [3.8, 4) is 10.7 Å². The smallest absolute Gasteiger partial charge is 0.192 e. The molecule has 0 spiro atoms. The number of hydrogen-bond donors (Lipinski definition) is 0. The molecule has 0 N–H and O–H groups in total. The van der Waals surface area contributed by atoms with Crippen molar-refractivity contribution < 1.29 is 4.79 Å². The van der Waals surface area contributed by atoms with Crippen molar-refractivity contribution in [1.29, 1.82) is 0 Å². The average molecular weight is 343 g/mol. The number of thiophene rings is 1. The van der Waals surface area contributed by atoms with Crippen molar-refractivity contribution in [2.45, 2.75) is 30.8 Å². The van der Waals surface area contributed by atoms with E-state index in [9.17, 15) is 4.79 Å². The molecule has 0 unspecified atom stereocenters. The standard InChI is InChI=1S/C17H17N3OS2/c1-3-20-16(14-10-7-11-22-14)18-19-17(20)23-12(2)15(21)13-8-5-4-6-9-13/h4-12H,3H2,1-2H3/t12-/m0/s1. The molecule has 0 aliphatic carbocycles. The summed E-state index contributed by atoms with van der Waals surface area (Å²) in [4.78, 5) is 13.6. The monoisotopic (exact) mass is 343 g/mol. The van der Waals surface area contributed by atoms with Gasteiger partial charge < -0.3 is 4.57 Å². The number of carbonyl (C=O) groups excluding carboxylic acids is 1. The van der Waals surface area contributed by atoms with E-state index in [-0.39, 0.29) is 11.0 Å². The number of aromatic nitrogens is 3. The van der Waals surface area contributed by atoms with E-state index >= 15 is 0 Å². The zero-order chi connectivity index (χ0) is 16.2.